The van der Waals surface area contributed by atoms with Crippen molar-refractivity contribution in [3.05, 3.63) is 15.8 Å². The molecule has 1 heterocycles. The molecule has 2 unspecified atom stereocenters. The molecule has 0 aliphatic heterocycles. The smallest absolute Gasteiger partial charge is 0.333 e. The summed E-state index contributed by atoms with van der Waals surface area (Å²) in [6, 6.07) is 0. The van der Waals surface area contributed by atoms with E-state index in [0.717, 1.165) is 0 Å². The molecule has 0 bridgehead atoms. The van der Waals surface area contributed by atoms with Gasteiger partial charge in [-0.15, -0.1) is 0 Å². The molecular weight excluding hydrogens is 256 g/mol. The summed E-state index contributed by atoms with van der Waals surface area (Å²) in [6.07, 6.45) is 1.61. The van der Waals surface area contributed by atoms with Crippen molar-refractivity contribution in [2.45, 2.75) is 32.6 Å². The summed E-state index contributed by atoms with van der Waals surface area (Å²) in [6.45, 7) is 6.25. The lowest BCUT2D eigenvalue weighted by atomic mass is 10.3. The Hall–Kier alpha value is -1.44. The van der Waals surface area contributed by atoms with Crippen LogP contribution in [0.5, 0.6) is 0 Å². The molecule has 1 N–H and O–H groups in total. The number of anilines is 1. The summed E-state index contributed by atoms with van der Waals surface area (Å²) in [5.41, 5.74) is 0.376. The number of hydrogen-bond donors (Lipinski definition) is 1. The molecule has 102 valence electrons. The molecule has 0 aliphatic rings. The molecule has 0 radical (unpaired) electrons. The molecule has 8 heteroatoms. The van der Waals surface area contributed by atoms with Crippen LogP contribution in [0.2, 0.25) is 0 Å². The number of hydrogen-bond acceptors (Lipinski definition) is 5. The van der Waals surface area contributed by atoms with Crippen LogP contribution in [0.3, 0.4) is 0 Å². The van der Waals surface area contributed by atoms with Gasteiger partial charge in [0.1, 0.15) is 5.69 Å². The molecule has 0 aliphatic carbocycles. The molecule has 0 aromatic carbocycles. The Morgan fingerprint density at radius 1 is 1.61 bits per heavy atom. The van der Waals surface area contributed by atoms with Gasteiger partial charge in [0.05, 0.1) is 4.92 Å². The Bertz CT molecular complexity index is 472. The molecule has 0 saturated carbocycles. The maximum Gasteiger partial charge on any atom is 0.333 e. The highest BCUT2D eigenvalue weighted by Gasteiger charge is 2.25. The average Bonchev–Trinajstić information content (AvgIpc) is 2.61. The first-order chi connectivity index (χ1) is 8.38. The minimum atomic E-state index is -0.965. The van der Waals surface area contributed by atoms with E-state index in [-0.39, 0.29) is 10.9 Å². The van der Waals surface area contributed by atoms with Crippen LogP contribution < -0.4 is 5.32 Å². The van der Waals surface area contributed by atoms with Gasteiger partial charge in [0, 0.05) is 35.4 Å². The predicted octanol–water partition coefficient (Wildman–Crippen LogP) is 1.30. The molecule has 1 rings (SSSR count). The van der Waals surface area contributed by atoms with Crippen molar-refractivity contribution in [2.24, 2.45) is 0 Å². The summed E-state index contributed by atoms with van der Waals surface area (Å²) in [5.74, 6) is 0.386. The van der Waals surface area contributed by atoms with Gasteiger partial charge in [0.15, 0.2) is 0 Å². The van der Waals surface area contributed by atoms with Crippen molar-refractivity contribution in [1.29, 1.82) is 0 Å². The highest BCUT2D eigenvalue weighted by Crippen LogP contribution is 2.28. The van der Waals surface area contributed by atoms with Crippen LogP contribution in [-0.4, -0.2) is 37.0 Å². The van der Waals surface area contributed by atoms with E-state index in [1.54, 1.807) is 17.9 Å². The maximum atomic E-state index is 11.3. The van der Waals surface area contributed by atoms with Crippen LogP contribution in [0.25, 0.3) is 0 Å². The molecule has 7 nitrogen and oxygen atoms in total. The van der Waals surface area contributed by atoms with Crippen molar-refractivity contribution in [2.75, 3.05) is 18.1 Å². The summed E-state index contributed by atoms with van der Waals surface area (Å²) in [5, 5.41) is 18.0. The Balaban J connectivity index is 2.99. The lowest BCUT2D eigenvalue weighted by Crippen LogP contribution is -2.22. The molecule has 0 saturated heterocycles. The van der Waals surface area contributed by atoms with Crippen molar-refractivity contribution >= 4 is 22.3 Å². The van der Waals surface area contributed by atoms with E-state index >= 15 is 0 Å². The molecule has 0 spiro atoms. The lowest BCUT2D eigenvalue weighted by molar-refractivity contribution is -0.384. The lowest BCUT2D eigenvalue weighted by Gasteiger charge is -2.11. The van der Waals surface area contributed by atoms with Crippen LogP contribution >= 0.6 is 0 Å². The highest BCUT2D eigenvalue weighted by molar-refractivity contribution is 7.84. The van der Waals surface area contributed by atoms with Gasteiger partial charge < -0.3 is 5.32 Å². The first kappa shape index (κ1) is 14.6. The molecule has 2 atom stereocenters. The van der Waals surface area contributed by atoms with E-state index in [9.17, 15) is 14.3 Å². The van der Waals surface area contributed by atoms with Gasteiger partial charge in [0.2, 0.25) is 5.82 Å². The fraction of sp³-hybridized carbons (Fsp3) is 0.700. The largest absolute Gasteiger partial charge is 0.363 e. The molecule has 1 aromatic rings. The summed E-state index contributed by atoms with van der Waals surface area (Å²) in [4.78, 5) is 10.6. The number of aryl methyl sites for hydroxylation is 2. The normalized spacial score (nSPS) is 14.2. The van der Waals surface area contributed by atoms with Gasteiger partial charge in [0.25, 0.3) is 0 Å². The second kappa shape index (κ2) is 5.94. The second-order valence-electron chi connectivity index (χ2n) is 4.05. The van der Waals surface area contributed by atoms with Gasteiger partial charge in [-0.25, -0.2) is 4.68 Å². The minimum Gasteiger partial charge on any atom is -0.363 e. The SMILES string of the molecule is CCn1nc(C)c([N+](=O)[O-])c1NCC(C)S(C)=O. The third-order valence-corrected chi connectivity index (χ3v) is 4.00. The van der Waals surface area contributed by atoms with Crippen molar-refractivity contribution in [3.63, 3.8) is 0 Å². The third-order valence-electron chi connectivity index (χ3n) is 2.70. The number of nitrogens with one attached hydrogen (secondary N) is 1. The fourth-order valence-corrected chi connectivity index (χ4v) is 1.87. The monoisotopic (exact) mass is 274 g/mol. The maximum absolute atomic E-state index is 11.3. The van der Waals surface area contributed by atoms with E-state index in [2.05, 4.69) is 10.4 Å². The van der Waals surface area contributed by atoms with E-state index in [1.807, 2.05) is 13.8 Å². The quantitative estimate of drug-likeness (QED) is 0.623. The van der Waals surface area contributed by atoms with Crippen molar-refractivity contribution in [1.82, 2.24) is 9.78 Å². The van der Waals surface area contributed by atoms with E-state index in [0.29, 0.717) is 24.6 Å². The number of rotatable bonds is 6. The Labute approximate surface area is 108 Å². The molecule has 0 amide bonds. The Morgan fingerprint density at radius 2 is 2.22 bits per heavy atom. The van der Waals surface area contributed by atoms with Crippen LogP contribution in [-0.2, 0) is 17.3 Å². The highest BCUT2D eigenvalue weighted by atomic mass is 32.2. The summed E-state index contributed by atoms with van der Waals surface area (Å²) >= 11 is 0. The average molecular weight is 274 g/mol. The van der Waals surface area contributed by atoms with Gasteiger partial charge in [-0.05, 0) is 20.8 Å². The van der Waals surface area contributed by atoms with Crippen LogP contribution in [0, 0.1) is 17.0 Å². The van der Waals surface area contributed by atoms with Crippen LogP contribution in [0.4, 0.5) is 11.5 Å². The van der Waals surface area contributed by atoms with E-state index in [1.165, 1.54) is 0 Å². The van der Waals surface area contributed by atoms with Crippen molar-refractivity contribution in [3.8, 4) is 0 Å². The third kappa shape index (κ3) is 3.06. The number of nitro groups is 1. The van der Waals surface area contributed by atoms with Gasteiger partial charge in [-0.1, -0.05) is 0 Å². The van der Waals surface area contributed by atoms with Gasteiger partial charge >= 0.3 is 5.69 Å². The Kier molecular flexibility index (Phi) is 4.83. The molecule has 18 heavy (non-hydrogen) atoms. The van der Waals surface area contributed by atoms with Crippen LogP contribution in [0.15, 0.2) is 0 Å². The zero-order valence-electron chi connectivity index (χ0n) is 11.0. The minimum absolute atomic E-state index is 0.00839. The zero-order chi connectivity index (χ0) is 13.9. The van der Waals surface area contributed by atoms with Gasteiger partial charge in [-0.3, -0.25) is 14.3 Å². The number of nitrogens with zero attached hydrogens (tertiary/aromatic N) is 3. The Morgan fingerprint density at radius 3 is 2.67 bits per heavy atom. The van der Waals surface area contributed by atoms with Gasteiger partial charge in [-0.2, -0.15) is 5.10 Å². The molecule has 0 fully saturated rings. The standard InChI is InChI=1S/C10H18N4O3S/c1-5-13-10(11-6-7(2)18(4)17)9(14(15)16)8(3)12-13/h7,11H,5-6H2,1-4H3. The fourth-order valence-electron chi connectivity index (χ4n) is 1.55. The topological polar surface area (TPSA) is 90.1 Å². The predicted molar refractivity (Wildman–Crippen MR) is 71.3 cm³/mol. The van der Waals surface area contributed by atoms with E-state index < -0.39 is 15.7 Å². The second-order valence-corrected chi connectivity index (χ2v) is 5.85. The van der Waals surface area contributed by atoms with Crippen LogP contribution in [0.1, 0.15) is 19.5 Å². The summed E-state index contributed by atoms with van der Waals surface area (Å²) < 4.78 is 12.8. The first-order valence-corrected chi connectivity index (χ1v) is 7.28. The summed E-state index contributed by atoms with van der Waals surface area (Å²) in [7, 11) is -0.965. The van der Waals surface area contributed by atoms with E-state index in [4.69, 9.17) is 0 Å². The van der Waals surface area contributed by atoms with Crippen molar-refractivity contribution < 1.29 is 9.13 Å². The molecule has 1 aromatic heterocycles. The number of aromatic nitrogens is 2. The zero-order valence-corrected chi connectivity index (χ0v) is 11.8. The first-order valence-electron chi connectivity index (χ1n) is 5.66. The molecular formula is C10H18N4O3S.